The van der Waals surface area contributed by atoms with E-state index in [1.165, 1.54) is 0 Å². The molecule has 2 aromatic rings. The second-order valence-electron chi connectivity index (χ2n) is 4.51. The molecule has 0 unspecified atom stereocenters. The summed E-state index contributed by atoms with van der Waals surface area (Å²) in [5.41, 5.74) is 5.99. The fourth-order valence-corrected chi connectivity index (χ4v) is 2.29. The van der Waals surface area contributed by atoms with Crippen molar-refractivity contribution >= 4 is 17.1 Å². The van der Waals surface area contributed by atoms with Gasteiger partial charge in [-0.15, -0.1) is 0 Å². The van der Waals surface area contributed by atoms with Crippen LogP contribution in [0.3, 0.4) is 0 Å². The number of aromatic nitrogens is 4. The molecule has 1 saturated heterocycles. The van der Waals surface area contributed by atoms with E-state index >= 15 is 0 Å². The lowest BCUT2D eigenvalue weighted by Crippen LogP contribution is -2.11. The molecular formula is C10H14N6O. The zero-order chi connectivity index (χ0) is 12.0. The van der Waals surface area contributed by atoms with Crippen LogP contribution in [0.15, 0.2) is 4.79 Å². The molecule has 0 saturated carbocycles. The van der Waals surface area contributed by atoms with Crippen molar-refractivity contribution in [2.45, 2.75) is 12.8 Å². The smallest absolute Gasteiger partial charge is 0.278 e. The number of nitrogens with two attached hydrogens (primary N) is 1. The van der Waals surface area contributed by atoms with Gasteiger partial charge in [-0.1, -0.05) is 6.92 Å². The number of nitrogen functional groups attached to an aromatic ring is 1. The van der Waals surface area contributed by atoms with Crippen LogP contribution in [-0.4, -0.2) is 33.0 Å². The first-order valence-electron chi connectivity index (χ1n) is 5.61. The predicted molar refractivity (Wildman–Crippen MR) is 63.7 cm³/mol. The van der Waals surface area contributed by atoms with Gasteiger partial charge in [0.15, 0.2) is 11.2 Å². The molecule has 0 spiro atoms. The van der Waals surface area contributed by atoms with E-state index in [9.17, 15) is 4.79 Å². The van der Waals surface area contributed by atoms with Gasteiger partial charge in [0, 0.05) is 12.5 Å². The molecule has 3 rings (SSSR count). The number of hydrogen-bond donors (Lipinski definition) is 4. The van der Waals surface area contributed by atoms with Crippen LogP contribution in [0.4, 0.5) is 5.95 Å². The first kappa shape index (κ1) is 10.3. The van der Waals surface area contributed by atoms with Crippen LogP contribution in [0.2, 0.25) is 0 Å². The lowest BCUT2D eigenvalue weighted by Gasteiger charge is -2.09. The highest BCUT2D eigenvalue weighted by Crippen LogP contribution is 2.26. The summed E-state index contributed by atoms with van der Waals surface area (Å²) in [4.78, 5) is 25.5. The van der Waals surface area contributed by atoms with Crippen LogP contribution >= 0.6 is 0 Å². The third kappa shape index (κ3) is 1.59. The highest BCUT2D eigenvalue weighted by Gasteiger charge is 2.27. The molecule has 7 nitrogen and oxygen atoms in total. The minimum atomic E-state index is -0.273. The maximum absolute atomic E-state index is 11.6. The molecule has 90 valence electrons. The van der Waals surface area contributed by atoms with Crippen LogP contribution in [-0.2, 0) is 0 Å². The van der Waals surface area contributed by atoms with Gasteiger partial charge < -0.3 is 16.0 Å². The highest BCUT2D eigenvalue weighted by atomic mass is 16.1. The minimum absolute atomic E-state index is 0.0955. The fourth-order valence-electron chi connectivity index (χ4n) is 2.29. The molecule has 0 amide bonds. The third-order valence-corrected chi connectivity index (χ3v) is 3.27. The second kappa shape index (κ2) is 3.56. The molecule has 2 aromatic heterocycles. The van der Waals surface area contributed by atoms with E-state index in [0.717, 1.165) is 18.9 Å². The Labute approximate surface area is 96.9 Å². The van der Waals surface area contributed by atoms with Gasteiger partial charge in [-0.05, 0) is 12.5 Å². The number of aromatic amines is 2. The lowest BCUT2D eigenvalue weighted by molar-refractivity contribution is 0.551. The number of fused-ring (bicyclic) bond motifs is 1. The Morgan fingerprint density at radius 2 is 2.12 bits per heavy atom. The van der Waals surface area contributed by atoms with Crippen molar-refractivity contribution in [1.82, 2.24) is 25.3 Å². The quantitative estimate of drug-likeness (QED) is 0.534. The van der Waals surface area contributed by atoms with Crippen molar-refractivity contribution in [1.29, 1.82) is 0 Å². The zero-order valence-electron chi connectivity index (χ0n) is 9.45. The Kier molecular flexibility index (Phi) is 2.15. The van der Waals surface area contributed by atoms with Gasteiger partial charge in [0.2, 0.25) is 5.95 Å². The van der Waals surface area contributed by atoms with Crippen molar-refractivity contribution in [2.75, 3.05) is 18.8 Å². The molecule has 0 aliphatic carbocycles. The van der Waals surface area contributed by atoms with Gasteiger partial charge in [-0.25, -0.2) is 4.98 Å². The number of hydrogen-bond acceptors (Lipinski definition) is 5. The monoisotopic (exact) mass is 234 g/mol. The molecular weight excluding hydrogens is 220 g/mol. The Morgan fingerprint density at radius 1 is 1.29 bits per heavy atom. The van der Waals surface area contributed by atoms with Gasteiger partial charge in [0.05, 0.1) is 0 Å². The van der Waals surface area contributed by atoms with Crippen LogP contribution in [0.25, 0.3) is 11.2 Å². The van der Waals surface area contributed by atoms with E-state index in [-0.39, 0.29) is 11.5 Å². The number of nitrogens with one attached hydrogen (secondary N) is 3. The normalized spacial score (nSPS) is 24.5. The van der Waals surface area contributed by atoms with Crippen LogP contribution in [0, 0.1) is 5.92 Å². The summed E-state index contributed by atoms with van der Waals surface area (Å²) in [5, 5.41) is 3.30. The zero-order valence-corrected chi connectivity index (χ0v) is 9.45. The number of rotatable bonds is 1. The van der Waals surface area contributed by atoms with Gasteiger partial charge in [0.1, 0.15) is 5.82 Å². The standard InChI is InChI=1S/C10H14N6O/c1-4-2-12-3-5(4)7-13-6-8(14-7)15-10(11)16-9(6)17/h4-5,12H,2-3H2,1H3,(H4,11,13,14,15,16,17)/t4-,5-/m1/s1. The SMILES string of the molecule is C[C@@H]1CNC[C@H]1c1nc2nc(N)[nH]c(=O)c2[nH]1. The van der Waals surface area contributed by atoms with E-state index in [0.29, 0.717) is 23.0 Å². The van der Waals surface area contributed by atoms with Crippen LogP contribution < -0.4 is 16.6 Å². The molecule has 1 aliphatic heterocycles. The fraction of sp³-hybridized carbons (Fsp3) is 0.500. The summed E-state index contributed by atoms with van der Waals surface area (Å²) in [6.07, 6.45) is 0. The van der Waals surface area contributed by atoms with Gasteiger partial charge >= 0.3 is 0 Å². The number of H-pyrrole nitrogens is 2. The van der Waals surface area contributed by atoms with Gasteiger partial charge in [-0.3, -0.25) is 9.78 Å². The molecule has 1 aliphatic rings. The second-order valence-corrected chi connectivity index (χ2v) is 4.51. The van der Waals surface area contributed by atoms with Gasteiger partial charge in [-0.2, -0.15) is 4.98 Å². The van der Waals surface area contributed by atoms with Crippen LogP contribution in [0.1, 0.15) is 18.7 Å². The highest BCUT2D eigenvalue weighted by molar-refractivity contribution is 5.70. The van der Waals surface area contributed by atoms with Crippen molar-refractivity contribution < 1.29 is 0 Å². The summed E-state index contributed by atoms with van der Waals surface area (Å²) < 4.78 is 0. The number of nitrogens with zero attached hydrogens (tertiary/aromatic N) is 2. The predicted octanol–water partition coefficient (Wildman–Crippen LogP) is -0.449. The molecule has 17 heavy (non-hydrogen) atoms. The minimum Gasteiger partial charge on any atom is -0.369 e. The van der Waals surface area contributed by atoms with Crippen molar-refractivity contribution in [3.8, 4) is 0 Å². The van der Waals surface area contributed by atoms with Crippen molar-refractivity contribution in [3.05, 3.63) is 16.2 Å². The Bertz CT molecular complexity index is 615. The third-order valence-electron chi connectivity index (χ3n) is 3.27. The lowest BCUT2D eigenvalue weighted by atomic mass is 9.98. The largest absolute Gasteiger partial charge is 0.369 e. The van der Waals surface area contributed by atoms with Crippen molar-refractivity contribution in [2.24, 2.45) is 5.92 Å². The molecule has 0 aromatic carbocycles. The number of anilines is 1. The summed E-state index contributed by atoms with van der Waals surface area (Å²) >= 11 is 0. The summed E-state index contributed by atoms with van der Waals surface area (Å²) in [5.74, 6) is 1.69. The average Bonchev–Trinajstić information content (AvgIpc) is 2.83. The first-order valence-corrected chi connectivity index (χ1v) is 5.61. The molecule has 1 fully saturated rings. The topological polar surface area (TPSA) is 112 Å². The molecule has 2 atom stereocenters. The molecule has 0 bridgehead atoms. The Morgan fingerprint density at radius 3 is 2.82 bits per heavy atom. The maximum Gasteiger partial charge on any atom is 0.278 e. The van der Waals surface area contributed by atoms with Crippen molar-refractivity contribution in [3.63, 3.8) is 0 Å². The Hall–Kier alpha value is -1.89. The summed E-state index contributed by atoms with van der Waals surface area (Å²) in [6.45, 7) is 3.99. The molecule has 7 heteroatoms. The van der Waals surface area contributed by atoms with Gasteiger partial charge in [0.25, 0.3) is 5.56 Å². The summed E-state index contributed by atoms with van der Waals surface area (Å²) in [7, 11) is 0. The first-order chi connectivity index (χ1) is 8.15. The molecule has 3 heterocycles. The van der Waals surface area contributed by atoms with Crippen LogP contribution in [0.5, 0.6) is 0 Å². The van der Waals surface area contributed by atoms with E-state index in [2.05, 4.69) is 32.2 Å². The van der Waals surface area contributed by atoms with E-state index in [1.807, 2.05) is 0 Å². The average molecular weight is 234 g/mol. The number of imidazole rings is 1. The van der Waals surface area contributed by atoms with E-state index in [4.69, 9.17) is 5.73 Å². The van der Waals surface area contributed by atoms with E-state index in [1.54, 1.807) is 0 Å². The molecule has 0 radical (unpaired) electrons. The van der Waals surface area contributed by atoms with E-state index < -0.39 is 0 Å². The maximum atomic E-state index is 11.6. The Balaban J connectivity index is 2.13. The molecule has 5 N–H and O–H groups in total. The summed E-state index contributed by atoms with van der Waals surface area (Å²) in [6, 6.07) is 0.